The highest BCUT2D eigenvalue weighted by atomic mass is 16.3. The number of aliphatic hydroxyl groups is 4. The highest BCUT2D eigenvalue weighted by Crippen LogP contribution is 2.78. The lowest BCUT2D eigenvalue weighted by molar-refractivity contribution is -0.177. The number of benzene rings is 3. The molecule has 51 heavy (non-hydrogen) atoms. The molecule has 6 nitrogen and oxygen atoms in total. The molecular formula is C45H53NO5. The van der Waals surface area contributed by atoms with Crippen LogP contribution in [0.15, 0.2) is 109 Å². The number of fused-ring (bicyclic) bond motifs is 1. The van der Waals surface area contributed by atoms with Crippen molar-refractivity contribution < 1.29 is 25.2 Å². The van der Waals surface area contributed by atoms with Gasteiger partial charge < -0.3 is 20.4 Å². The molecule has 2 bridgehead atoms. The van der Waals surface area contributed by atoms with Gasteiger partial charge in [0.1, 0.15) is 0 Å². The van der Waals surface area contributed by atoms with E-state index < -0.39 is 34.1 Å². The largest absolute Gasteiger partial charge is 0.394 e. The summed E-state index contributed by atoms with van der Waals surface area (Å²) in [6.07, 6.45) is 11.1. The van der Waals surface area contributed by atoms with Gasteiger partial charge in [0, 0.05) is 47.0 Å². The monoisotopic (exact) mass is 687 g/mol. The highest BCUT2D eigenvalue weighted by Gasteiger charge is 2.74. The summed E-state index contributed by atoms with van der Waals surface area (Å²) in [7, 11) is 0. The molecule has 268 valence electrons. The Bertz CT molecular complexity index is 1840. The summed E-state index contributed by atoms with van der Waals surface area (Å²) in [5.74, 6) is 0.279. The minimum Gasteiger partial charge on any atom is -0.394 e. The zero-order chi connectivity index (χ0) is 35.6. The molecule has 0 amide bonds. The second-order valence-corrected chi connectivity index (χ2v) is 17.0. The summed E-state index contributed by atoms with van der Waals surface area (Å²) in [4.78, 5) is 17.5. The third kappa shape index (κ3) is 5.20. The Morgan fingerprint density at radius 2 is 1.49 bits per heavy atom. The van der Waals surface area contributed by atoms with Crippen LogP contribution in [0.4, 0.5) is 0 Å². The van der Waals surface area contributed by atoms with Gasteiger partial charge in [0.25, 0.3) is 0 Å². The van der Waals surface area contributed by atoms with E-state index in [-0.39, 0.29) is 36.2 Å². The van der Waals surface area contributed by atoms with Crippen LogP contribution >= 0.6 is 0 Å². The molecule has 9 rings (SSSR count). The summed E-state index contributed by atoms with van der Waals surface area (Å²) in [5, 5.41) is 44.6. The summed E-state index contributed by atoms with van der Waals surface area (Å²) in [6.45, 7) is 5.51. The predicted molar refractivity (Wildman–Crippen MR) is 200 cm³/mol. The van der Waals surface area contributed by atoms with Crippen molar-refractivity contribution in [2.75, 3.05) is 19.7 Å². The van der Waals surface area contributed by atoms with Crippen molar-refractivity contribution in [3.8, 4) is 11.1 Å². The van der Waals surface area contributed by atoms with Crippen LogP contribution < -0.4 is 0 Å². The number of rotatable bonds is 10. The molecule has 4 N–H and O–H groups in total. The molecule has 9 atom stereocenters. The molecular weight excluding hydrogens is 634 g/mol. The maximum absolute atomic E-state index is 15.4. The first-order valence-corrected chi connectivity index (χ1v) is 19.1. The van der Waals surface area contributed by atoms with Crippen LogP contribution in [0.3, 0.4) is 0 Å². The number of ketones is 1. The quantitative estimate of drug-likeness (QED) is 0.136. The molecule has 6 heteroatoms. The van der Waals surface area contributed by atoms with Crippen LogP contribution in [0.1, 0.15) is 74.7 Å². The third-order valence-electron chi connectivity index (χ3n) is 14.6. The molecule has 0 aliphatic heterocycles. The molecule has 6 aliphatic carbocycles. The van der Waals surface area contributed by atoms with E-state index in [1.54, 1.807) is 0 Å². The first kappa shape index (κ1) is 34.7. The number of carbonyl (C=O) groups is 1. The number of hydrogen-bond acceptors (Lipinski definition) is 6. The van der Waals surface area contributed by atoms with E-state index in [0.29, 0.717) is 31.5 Å². The van der Waals surface area contributed by atoms with Crippen molar-refractivity contribution in [2.45, 2.75) is 83.1 Å². The lowest BCUT2D eigenvalue weighted by Crippen LogP contribution is -2.67. The molecule has 0 radical (unpaired) electrons. The molecule has 3 aromatic rings. The number of allylic oxidation sites excluding steroid dienone is 4. The van der Waals surface area contributed by atoms with Crippen molar-refractivity contribution in [3.05, 3.63) is 120 Å². The van der Waals surface area contributed by atoms with E-state index in [9.17, 15) is 20.4 Å². The van der Waals surface area contributed by atoms with Gasteiger partial charge in [-0.15, -0.1) is 0 Å². The van der Waals surface area contributed by atoms with Gasteiger partial charge in [0.15, 0.2) is 5.78 Å². The second-order valence-electron chi connectivity index (χ2n) is 17.0. The van der Waals surface area contributed by atoms with Crippen molar-refractivity contribution in [2.24, 2.45) is 33.5 Å². The smallest absolute Gasteiger partial charge is 0.190 e. The van der Waals surface area contributed by atoms with Crippen molar-refractivity contribution >= 4 is 5.78 Å². The van der Waals surface area contributed by atoms with E-state index >= 15 is 4.79 Å². The first-order valence-electron chi connectivity index (χ1n) is 19.1. The maximum atomic E-state index is 15.4. The molecule has 0 aromatic heterocycles. The highest BCUT2D eigenvalue weighted by molar-refractivity contribution is 6.14. The molecule has 6 aliphatic rings. The first-order chi connectivity index (χ1) is 24.5. The maximum Gasteiger partial charge on any atom is 0.190 e. The Morgan fingerprint density at radius 3 is 2.24 bits per heavy atom. The molecule has 1 unspecified atom stereocenters. The lowest BCUT2D eigenvalue weighted by atomic mass is 9.32. The topological polar surface area (TPSA) is 101 Å². The fraction of sp³-hybridized carbons (Fsp3) is 0.489. The van der Waals surface area contributed by atoms with Gasteiger partial charge in [0.05, 0.1) is 24.4 Å². The molecule has 3 saturated carbocycles. The Labute approximate surface area is 302 Å². The number of hydrogen-bond donors (Lipinski definition) is 4. The molecule has 0 heterocycles. The summed E-state index contributed by atoms with van der Waals surface area (Å²) in [6, 6.07) is 28.2. The average Bonchev–Trinajstić information content (AvgIpc) is 3.41. The second kappa shape index (κ2) is 12.6. The van der Waals surface area contributed by atoms with E-state index in [0.717, 1.165) is 54.4 Å². The fourth-order valence-corrected chi connectivity index (χ4v) is 12.0. The SMILES string of the molecule is C[C@]12CC[C@H]3[C@]4(C=C[C@@]5(C=C4C(=O)c4ccccc4-c4ccccc4)CC(O)CC[C@]35C)[C@@H]1CC[C@@]2(O)CN(Cc1ccccc1)C[C@H](O)CO. The van der Waals surface area contributed by atoms with Crippen LogP contribution in [0.2, 0.25) is 0 Å². The molecule has 3 fully saturated rings. The van der Waals surface area contributed by atoms with Crippen molar-refractivity contribution in [1.82, 2.24) is 4.90 Å². The van der Waals surface area contributed by atoms with Gasteiger partial charge in [-0.3, -0.25) is 9.69 Å². The van der Waals surface area contributed by atoms with E-state index in [1.807, 2.05) is 60.7 Å². The van der Waals surface area contributed by atoms with Gasteiger partial charge in [0.2, 0.25) is 0 Å². The number of carbonyl (C=O) groups excluding carboxylic acids is 1. The van der Waals surface area contributed by atoms with Gasteiger partial charge in [-0.25, -0.2) is 0 Å². The van der Waals surface area contributed by atoms with Gasteiger partial charge in [-0.1, -0.05) is 117 Å². The molecule has 3 aromatic carbocycles. The van der Waals surface area contributed by atoms with Gasteiger partial charge >= 0.3 is 0 Å². The molecule has 2 spiro atoms. The predicted octanol–water partition coefficient (Wildman–Crippen LogP) is 6.98. The average molecular weight is 688 g/mol. The molecule has 0 saturated heterocycles. The summed E-state index contributed by atoms with van der Waals surface area (Å²) >= 11 is 0. The van der Waals surface area contributed by atoms with Crippen LogP contribution in [-0.4, -0.2) is 68.6 Å². The van der Waals surface area contributed by atoms with Gasteiger partial charge in [-0.2, -0.15) is 0 Å². The normalized spacial score (nSPS) is 37.0. The lowest BCUT2D eigenvalue weighted by Gasteiger charge is -2.71. The van der Waals surface area contributed by atoms with Gasteiger partial charge in [-0.05, 0) is 78.9 Å². The minimum absolute atomic E-state index is 0.0207. The summed E-state index contributed by atoms with van der Waals surface area (Å²) in [5.41, 5.74) is 1.92. The fourth-order valence-electron chi connectivity index (χ4n) is 12.0. The Morgan fingerprint density at radius 1 is 0.843 bits per heavy atom. The minimum atomic E-state index is -1.07. The zero-order valence-electron chi connectivity index (χ0n) is 30.0. The van der Waals surface area contributed by atoms with Crippen LogP contribution in [0.25, 0.3) is 11.1 Å². The van der Waals surface area contributed by atoms with E-state index in [1.165, 1.54) is 0 Å². The van der Waals surface area contributed by atoms with Crippen molar-refractivity contribution in [3.63, 3.8) is 0 Å². The van der Waals surface area contributed by atoms with E-state index in [4.69, 9.17) is 0 Å². The standard InChI is InChI=1S/C45H53NO5/c1-41-20-17-33(48)25-43(41)23-24-45(37(26-43)40(50)36-16-10-9-15-35(36)32-13-7-4-8-14-32)38(41)18-21-42(2)39(45)19-22-44(42,51)30-46(28-34(49)29-47)27-31-11-5-3-6-12-31/h3-16,23-24,26,33-34,38-39,47-49,51H,17-22,25,27-30H2,1-2H3/t33?,34-,38+,39+,41+,42-,43-,44+,45+/m0/s1. The Balaban J connectivity index is 1.23. The van der Waals surface area contributed by atoms with Crippen LogP contribution in [-0.2, 0) is 6.54 Å². The number of aliphatic hydroxyl groups excluding tert-OH is 3. The Kier molecular flexibility index (Phi) is 8.59. The third-order valence-corrected chi connectivity index (χ3v) is 14.6. The number of nitrogens with zero attached hydrogens (tertiary/aromatic N) is 1. The summed E-state index contributed by atoms with van der Waals surface area (Å²) < 4.78 is 0. The number of Topliss-reactive ketones (excluding diaryl/α,β-unsaturated/α-hetero) is 1. The van der Waals surface area contributed by atoms with Crippen LogP contribution in [0.5, 0.6) is 0 Å². The Hall–Kier alpha value is -3.39. The zero-order valence-corrected chi connectivity index (χ0v) is 30.0. The van der Waals surface area contributed by atoms with E-state index in [2.05, 4.69) is 61.2 Å². The van der Waals surface area contributed by atoms with Crippen molar-refractivity contribution in [1.29, 1.82) is 0 Å². The van der Waals surface area contributed by atoms with Crippen LogP contribution in [0, 0.1) is 33.5 Å².